The molecule has 0 aliphatic rings. The van der Waals surface area contributed by atoms with Crippen molar-refractivity contribution < 1.29 is 22.4 Å². The molecule has 2 aromatic heterocycles. The van der Waals surface area contributed by atoms with Gasteiger partial charge in [0.05, 0.1) is 16.6 Å². The van der Waals surface area contributed by atoms with Crippen LogP contribution in [0.5, 0.6) is 0 Å². The Kier molecular flexibility index (Phi) is 6.95. The van der Waals surface area contributed by atoms with Crippen molar-refractivity contribution >= 4 is 40.0 Å². The van der Waals surface area contributed by atoms with E-state index >= 15 is 0 Å². The minimum absolute atomic E-state index is 0. The fourth-order valence-electron chi connectivity index (χ4n) is 2.54. The highest BCUT2D eigenvalue weighted by Crippen LogP contribution is 2.30. The summed E-state index contributed by atoms with van der Waals surface area (Å²) in [6.45, 7) is 2.58. The van der Waals surface area contributed by atoms with Crippen molar-refractivity contribution in [3.63, 3.8) is 0 Å². The van der Waals surface area contributed by atoms with Crippen molar-refractivity contribution in [3.05, 3.63) is 58.3 Å². The smallest absolute Gasteiger partial charge is 0.315 e. The number of fused-ring (bicyclic) bond motifs is 1. The highest BCUT2D eigenvalue weighted by molar-refractivity contribution is 7.15. The number of alkyl halides is 3. The average molecular weight is 434 g/mol. The van der Waals surface area contributed by atoms with Gasteiger partial charge in [0.2, 0.25) is 0 Å². The summed E-state index contributed by atoms with van der Waals surface area (Å²) in [5.41, 5.74) is -1.04. The molecule has 0 radical (unpaired) electrons. The van der Waals surface area contributed by atoms with Gasteiger partial charge in [0, 0.05) is 12.7 Å². The normalized spacial score (nSPS) is 12.2. The first kappa shape index (κ1) is 22.0. The van der Waals surface area contributed by atoms with Crippen molar-refractivity contribution in [2.75, 3.05) is 0 Å². The molecule has 0 fully saturated rings. The van der Waals surface area contributed by atoms with Gasteiger partial charge in [0.25, 0.3) is 5.91 Å². The number of pyridine rings is 1. The number of rotatable bonds is 4. The number of amides is 1. The fourth-order valence-corrected chi connectivity index (χ4v) is 3.54. The van der Waals surface area contributed by atoms with E-state index in [1.165, 1.54) is 0 Å². The molecule has 0 saturated heterocycles. The van der Waals surface area contributed by atoms with Crippen LogP contribution in [0.2, 0.25) is 0 Å². The lowest BCUT2D eigenvalue weighted by Gasteiger charge is -2.08. The lowest BCUT2D eigenvalue weighted by atomic mass is 10.1. The summed E-state index contributed by atoms with van der Waals surface area (Å²) in [4.78, 5) is 21.5. The Hall–Kier alpha value is -2.26. The van der Waals surface area contributed by atoms with Gasteiger partial charge in [-0.15, -0.1) is 12.4 Å². The van der Waals surface area contributed by atoms with E-state index in [0.29, 0.717) is 29.6 Å². The predicted molar refractivity (Wildman–Crippen MR) is 101 cm³/mol. The van der Waals surface area contributed by atoms with Crippen LogP contribution in [0.1, 0.15) is 35.7 Å². The monoisotopic (exact) mass is 433 g/mol. The number of halogens is 5. The van der Waals surface area contributed by atoms with Crippen molar-refractivity contribution in [2.45, 2.75) is 32.5 Å². The Morgan fingerprint density at radius 3 is 2.71 bits per heavy atom. The molecule has 0 unspecified atom stereocenters. The largest absolute Gasteiger partial charge is 0.416 e. The number of nitrogens with zero attached hydrogens (tertiary/aromatic N) is 3. The van der Waals surface area contributed by atoms with E-state index < -0.39 is 29.0 Å². The van der Waals surface area contributed by atoms with Crippen LogP contribution < -0.4 is 4.80 Å². The van der Waals surface area contributed by atoms with Crippen LogP contribution in [0.4, 0.5) is 17.6 Å². The van der Waals surface area contributed by atoms with E-state index in [1.54, 1.807) is 16.8 Å². The van der Waals surface area contributed by atoms with Gasteiger partial charge in [-0.3, -0.25) is 4.79 Å². The molecule has 150 valence electrons. The molecule has 2 heterocycles. The quantitative estimate of drug-likeness (QED) is 0.530. The van der Waals surface area contributed by atoms with E-state index in [4.69, 9.17) is 0 Å². The summed E-state index contributed by atoms with van der Waals surface area (Å²) in [6.07, 6.45) is -1.35. The van der Waals surface area contributed by atoms with Gasteiger partial charge in [0.1, 0.15) is 10.6 Å². The summed E-state index contributed by atoms with van der Waals surface area (Å²) in [6, 6.07) is 5.28. The van der Waals surface area contributed by atoms with E-state index in [0.717, 1.165) is 29.7 Å². The second kappa shape index (κ2) is 8.83. The first-order valence-electron chi connectivity index (χ1n) is 8.21. The first-order chi connectivity index (χ1) is 12.8. The maximum absolute atomic E-state index is 14.0. The second-order valence-electron chi connectivity index (χ2n) is 5.83. The zero-order valence-corrected chi connectivity index (χ0v) is 16.3. The van der Waals surface area contributed by atoms with E-state index in [2.05, 4.69) is 9.98 Å². The van der Waals surface area contributed by atoms with Crippen LogP contribution in [0.3, 0.4) is 0 Å². The first-order valence-corrected chi connectivity index (χ1v) is 9.03. The second-order valence-corrected chi connectivity index (χ2v) is 6.78. The zero-order chi connectivity index (χ0) is 19.6. The molecule has 0 aliphatic carbocycles. The number of unbranched alkanes of at least 4 members (excludes halogenated alkanes) is 1. The van der Waals surface area contributed by atoms with Gasteiger partial charge in [0.15, 0.2) is 4.80 Å². The molecule has 1 aromatic carbocycles. The molecule has 0 N–H and O–H groups in total. The van der Waals surface area contributed by atoms with Crippen LogP contribution in [0, 0.1) is 5.82 Å². The van der Waals surface area contributed by atoms with Crippen molar-refractivity contribution in [2.24, 2.45) is 4.99 Å². The number of carbonyl (C=O) groups excluding carboxylic acids is 1. The summed E-state index contributed by atoms with van der Waals surface area (Å²) >= 11 is 1.13. The minimum Gasteiger partial charge on any atom is -0.315 e. The Balaban J connectivity index is 0.00000280. The molecule has 0 spiro atoms. The number of hydrogen-bond donors (Lipinski definition) is 0. The number of aryl methyl sites for hydroxylation is 1. The standard InChI is InChI=1S/C18H15F4N3OS.ClH/c1-2-3-9-25-14-5-4-8-23-16(14)27-17(25)24-15(26)12-10-11(18(20,21)22)6-7-13(12)19;/h4-8,10H,2-3,9H2,1H3;1H/b24-17-;. The van der Waals surface area contributed by atoms with Crippen LogP contribution in [-0.2, 0) is 12.7 Å². The molecule has 28 heavy (non-hydrogen) atoms. The number of hydrogen-bond acceptors (Lipinski definition) is 3. The summed E-state index contributed by atoms with van der Waals surface area (Å²) < 4.78 is 54.3. The highest BCUT2D eigenvalue weighted by atomic mass is 35.5. The molecular weight excluding hydrogens is 418 g/mol. The SMILES string of the molecule is CCCCn1/c(=N/C(=O)c2cc(C(F)(F)F)ccc2F)sc2ncccc21.Cl. The van der Waals surface area contributed by atoms with Gasteiger partial charge < -0.3 is 4.57 Å². The molecule has 0 bridgehead atoms. The summed E-state index contributed by atoms with van der Waals surface area (Å²) in [5, 5.41) is 0. The molecule has 4 nitrogen and oxygen atoms in total. The maximum Gasteiger partial charge on any atom is 0.416 e. The topological polar surface area (TPSA) is 47.2 Å². The molecular formula is C18H16ClF4N3OS. The predicted octanol–water partition coefficient (Wildman–Crippen LogP) is 5.22. The molecule has 0 aliphatic heterocycles. The minimum atomic E-state index is -4.68. The molecule has 1 amide bonds. The van der Waals surface area contributed by atoms with E-state index in [-0.39, 0.29) is 17.2 Å². The molecule has 0 saturated carbocycles. The van der Waals surface area contributed by atoms with Crippen molar-refractivity contribution in [3.8, 4) is 0 Å². The Morgan fingerprint density at radius 1 is 1.29 bits per heavy atom. The highest BCUT2D eigenvalue weighted by Gasteiger charge is 2.32. The Morgan fingerprint density at radius 2 is 2.04 bits per heavy atom. The number of aromatic nitrogens is 2. The maximum atomic E-state index is 14.0. The van der Waals surface area contributed by atoms with Crippen molar-refractivity contribution in [1.82, 2.24) is 9.55 Å². The third-order valence-corrected chi connectivity index (χ3v) is 4.92. The van der Waals surface area contributed by atoms with E-state index in [9.17, 15) is 22.4 Å². The van der Waals surface area contributed by atoms with Gasteiger partial charge in [-0.2, -0.15) is 18.2 Å². The van der Waals surface area contributed by atoms with Gasteiger partial charge in [-0.25, -0.2) is 9.37 Å². The average Bonchev–Trinajstić information content (AvgIpc) is 2.96. The molecule has 10 heteroatoms. The third kappa shape index (κ3) is 4.59. The Labute approximate surface area is 168 Å². The van der Waals surface area contributed by atoms with Gasteiger partial charge in [-0.05, 0) is 36.8 Å². The van der Waals surface area contributed by atoms with Gasteiger partial charge >= 0.3 is 6.18 Å². The zero-order valence-electron chi connectivity index (χ0n) is 14.7. The van der Waals surface area contributed by atoms with Gasteiger partial charge in [-0.1, -0.05) is 24.7 Å². The lowest BCUT2D eigenvalue weighted by Crippen LogP contribution is -2.18. The van der Waals surface area contributed by atoms with Crippen LogP contribution in [-0.4, -0.2) is 15.5 Å². The van der Waals surface area contributed by atoms with Crippen LogP contribution in [0.25, 0.3) is 10.3 Å². The van der Waals surface area contributed by atoms with Crippen LogP contribution in [0.15, 0.2) is 41.5 Å². The molecule has 3 aromatic rings. The molecule has 0 atom stereocenters. The molecule has 3 rings (SSSR count). The summed E-state index contributed by atoms with van der Waals surface area (Å²) in [7, 11) is 0. The summed E-state index contributed by atoms with van der Waals surface area (Å²) in [5.74, 6) is -2.11. The number of carbonyl (C=O) groups is 1. The fraction of sp³-hybridized carbons (Fsp3) is 0.278. The number of benzene rings is 1. The van der Waals surface area contributed by atoms with Crippen molar-refractivity contribution in [1.29, 1.82) is 0 Å². The number of thiazole rings is 1. The third-order valence-electron chi connectivity index (χ3n) is 3.92. The van der Waals surface area contributed by atoms with E-state index in [1.807, 2.05) is 13.0 Å². The lowest BCUT2D eigenvalue weighted by molar-refractivity contribution is -0.137. The van der Waals surface area contributed by atoms with Crippen LogP contribution >= 0.6 is 23.7 Å². The Bertz CT molecular complexity index is 1060.